The molecule has 0 aliphatic heterocycles. The third kappa shape index (κ3) is 1.97. The van der Waals surface area contributed by atoms with Crippen LogP contribution in [0.5, 0.6) is 0 Å². The molecule has 3 heteroatoms. The summed E-state index contributed by atoms with van der Waals surface area (Å²) in [6, 6.07) is 6.26. The van der Waals surface area contributed by atoms with Gasteiger partial charge in [-0.2, -0.15) is 0 Å². The maximum atomic E-state index is 6.17. The predicted octanol–water partition coefficient (Wildman–Crippen LogP) is 3.61. The first-order chi connectivity index (χ1) is 7.39. The van der Waals surface area contributed by atoms with Gasteiger partial charge in [0.25, 0.3) is 0 Å². The number of rotatable bonds is 2. The summed E-state index contributed by atoms with van der Waals surface area (Å²) in [6.45, 7) is 8.39. The van der Waals surface area contributed by atoms with Gasteiger partial charge in [-0.1, -0.05) is 26.0 Å². The van der Waals surface area contributed by atoms with Crippen LogP contribution in [0.3, 0.4) is 0 Å². The van der Waals surface area contributed by atoms with Crippen molar-refractivity contribution in [3.8, 4) is 0 Å². The molecule has 0 radical (unpaired) electrons. The lowest BCUT2D eigenvalue weighted by Gasteiger charge is -2.19. The van der Waals surface area contributed by atoms with Crippen molar-refractivity contribution >= 4 is 21.6 Å². The molecule has 16 heavy (non-hydrogen) atoms. The highest BCUT2D eigenvalue weighted by Gasteiger charge is 2.19. The molecule has 2 aromatic rings. The van der Waals surface area contributed by atoms with Crippen molar-refractivity contribution in [3.63, 3.8) is 0 Å². The Kier molecular flexibility index (Phi) is 2.76. The Hall–Kier alpha value is -0.930. The van der Waals surface area contributed by atoms with Gasteiger partial charge in [0.2, 0.25) is 0 Å². The van der Waals surface area contributed by atoms with E-state index < -0.39 is 0 Å². The van der Waals surface area contributed by atoms with Crippen LogP contribution < -0.4 is 5.73 Å². The Morgan fingerprint density at radius 1 is 1.31 bits per heavy atom. The number of fused-ring (bicyclic) bond motifs is 1. The van der Waals surface area contributed by atoms with Crippen LogP contribution in [0, 0.1) is 0 Å². The van der Waals surface area contributed by atoms with Gasteiger partial charge in [0, 0.05) is 11.5 Å². The summed E-state index contributed by atoms with van der Waals surface area (Å²) >= 11 is 1.77. The van der Waals surface area contributed by atoms with E-state index in [1.807, 2.05) is 13.8 Å². The van der Waals surface area contributed by atoms with Crippen molar-refractivity contribution in [3.05, 3.63) is 28.8 Å². The van der Waals surface area contributed by atoms with Gasteiger partial charge in [0.1, 0.15) is 0 Å². The fourth-order valence-corrected chi connectivity index (χ4v) is 2.73. The highest BCUT2D eigenvalue weighted by Crippen LogP contribution is 2.32. The number of hydrogen-bond acceptors (Lipinski definition) is 3. The van der Waals surface area contributed by atoms with Gasteiger partial charge in [0.15, 0.2) is 0 Å². The predicted molar refractivity (Wildman–Crippen MR) is 70.9 cm³/mol. The second kappa shape index (κ2) is 3.82. The number of nitrogens with zero attached hydrogens (tertiary/aromatic N) is 1. The van der Waals surface area contributed by atoms with E-state index >= 15 is 0 Å². The Balaban J connectivity index is 2.68. The van der Waals surface area contributed by atoms with Gasteiger partial charge >= 0.3 is 0 Å². The Morgan fingerprint density at radius 3 is 2.56 bits per heavy atom. The van der Waals surface area contributed by atoms with Crippen LogP contribution in [0.1, 0.15) is 44.2 Å². The van der Waals surface area contributed by atoms with E-state index in [0.29, 0.717) is 5.92 Å². The van der Waals surface area contributed by atoms with Gasteiger partial charge in [-0.05, 0) is 25.5 Å². The first-order valence-corrected chi connectivity index (χ1v) is 6.40. The van der Waals surface area contributed by atoms with Gasteiger partial charge in [-0.3, -0.25) is 0 Å². The van der Waals surface area contributed by atoms with E-state index in [9.17, 15) is 0 Å². The average Bonchev–Trinajstić information content (AvgIpc) is 2.58. The zero-order valence-corrected chi connectivity index (χ0v) is 11.1. The molecule has 2 N–H and O–H groups in total. The van der Waals surface area contributed by atoms with Crippen LogP contribution in [0.25, 0.3) is 10.2 Å². The number of nitrogens with two attached hydrogens (primary N) is 1. The molecule has 2 nitrogen and oxygen atoms in total. The summed E-state index contributed by atoms with van der Waals surface area (Å²) in [4.78, 5) is 4.72. The SMILES string of the molecule is CC(C)c1nc2c(C(C)(C)N)cccc2s1. The number of aromatic nitrogens is 1. The van der Waals surface area contributed by atoms with E-state index in [1.165, 1.54) is 9.71 Å². The molecule has 0 saturated carbocycles. The van der Waals surface area contributed by atoms with Gasteiger partial charge in [-0.25, -0.2) is 4.98 Å². The standard InChI is InChI=1S/C13H18N2S/c1-8(2)12-15-11-9(13(3,4)14)6-5-7-10(11)16-12/h5-8H,14H2,1-4H3. The summed E-state index contributed by atoms with van der Waals surface area (Å²) in [5.74, 6) is 0.478. The van der Waals surface area contributed by atoms with E-state index in [-0.39, 0.29) is 5.54 Å². The number of para-hydroxylation sites is 1. The van der Waals surface area contributed by atoms with Crippen LogP contribution in [-0.4, -0.2) is 4.98 Å². The number of benzene rings is 1. The highest BCUT2D eigenvalue weighted by atomic mass is 32.1. The number of thiazole rings is 1. The summed E-state index contributed by atoms with van der Waals surface area (Å²) in [6.07, 6.45) is 0. The first kappa shape index (κ1) is 11.6. The van der Waals surface area contributed by atoms with Crippen molar-refractivity contribution in [1.29, 1.82) is 0 Å². The summed E-state index contributed by atoms with van der Waals surface area (Å²) in [7, 11) is 0. The van der Waals surface area contributed by atoms with Crippen molar-refractivity contribution < 1.29 is 0 Å². The monoisotopic (exact) mass is 234 g/mol. The largest absolute Gasteiger partial charge is 0.322 e. The van der Waals surface area contributed by atoms with Crippen molar-refractivity contribution in [2.24, 2.45) is 5.73 Å². The molecule has 2 rings (SSSR count). The normalized spacial score (nSPS) is 12.6. The lowest BCUT2D eigenvalue weighted by Crippen LogP contribution is -2.28. The van der Waals surface area contributed by atoms with E-state index in [1.54, 1.807) is 11.3 Å². The minimum Gasteiger partial charge on any atom is -0.322 e. The zero-order valence-electron chi connectivity index (χ0n) is 10.2. The summed E-state index contributed by atoms with van der Waals surface area (Å²) < 4.78 is 1.24. The molecule has 0 aliphatic rings. The first-order valence-electron chi connectivity index (χ1n) is 5.58. The molecule has 1 aromatic heterocycles. The molecule has 0 spiro atoms. The Labute approximate surface area is 101 Å². The van der Waals surface area contributed by atoms with Crippen molar-refractivity contribution in [2.45, 2.75) is 39.2 Å². The second-order valence-corrected chi connectivity index (χ2v) is 6.14. The van der Waals surface area contributed by atoms with Crippen LogP contribution >= 0.6 is 11.3 Å². The molecule has 86 valence electrons. The lowest BCUT2D eigenvalue weighted by atomic mass is 9.95. The molecule has 1 heterocycles. The molecule has 0 fully saturated rings. The van der Waals surface area contributed by atoms with Crippen LogP contribution in [0.4, 0.5) is 0 Å². The van der Waals surface area contributed by atoms with Crippen molar-refractivity contribution in [1.82, 2.24) is 4.98 Å². The molecule has 0 unspecified atom stereocenters. The summed E-state index contributed by atoms with van der Waals surface area (Å²) in [5, 5.41) is 1.19. The Morgan fingerprint density at radius 2 is 2.00 bits per heavy atom. The minimum absolute atomic E-state index is 0.332. The molecular formula is C13H18N2S. The third-order valence-corrected chi connectivity index (χ3v) is 3.94. The van der Waals surface area contributed by atoms with Gasteiger partial charge in [-0.15, -0.1) is 11.3 Å². The van der Waals surface area contributed by atoms with E-state index in [4.69, 9.17) is 10.7 Å². The molecule has 0 aliphatic carbocycles. The molecule has 0 atom stereocenters. The molecular weight excluding hydrogens is 216 g/mol. The van der Waals surface area contributed by atoms with Gasteiger partial charge < -0.3 is 5.73 Å². The molecule has 1 aromatic carbocycles. The summed E-state index contributed by atoms with van der Waals surface area (Å²) in [5.41, 5.74) is 8.05. The van der Waals surface area contributed by atoms with Crippen LogP contribution in [-0.2, 0) is 5.54 Å². The molecule has 0 amide bonds. The topological polar surface area (TPSA) is 38.9 Å². The fraction of sp³-hybridized carbons (Fsp3) is 0.462. The molecule has 0 saturated heterocycles. The van der Waals surface area contributed by atoms with Crippen molar-refractivity contribution in [2.75, 3.05) is 0 Å². The molecule has 0 bridgehead atoms. The highest BCUT2D eigenvalue weighted by molar-refractivity contribution is 7.18. The Bertz CT molecular complexity index is 506. The minimum atomic E-state index is -0.332. The second-order valence-electron chi connectivity index (χ2n) is 5.08. The third-order valence-electron chi connectivity index (χ3n) is 2.62. The smallest absolute Gasteiger partial charge is 0.0964 e. The van der Waals surface area contributed by atoms with Crippen LogP contribution in [0.15, 0.2) is 18.2 Å². The average molecular weight is 234 g/mol. The van der Waals surface area contributed by atoms with E-state index in [2.05, 4.69) is 32.0 Å². The number of hydrogen-bond donors (Lipinski definition) is 1. The zero-order chi connectivity index (χ0) is 11.9. The van der Waals surface area contributed by atoms with Crippen LogP contribution in [0.2, 0.25) is 0 Å². The maximum absolute atomic E-state index is 6.17. The maximum Gasteiger partial charge on any atom is 0.0964 e. The van der Waals surface area contributed by atoms with Gasteiger partial charge in [0.05, 0.1) is 15.2 Å². The van der Waals surface area contributed by atoms with E-state index in [0.717, 1.165) is 11.1 Å². The quantitative estimate of drug-likeness (QED) is 0.862. The fourth-order valence-electron chi connectivity index (χ4n) is 1.73. The lowest BCUT2D eigenvalue weighted by molar-refractivity contribution is 0.558.